The third-order valence-corrected chi connectivity index (χ3v) is 8.70. The highest BCUT2D eigenvalue weighted by Gasteiger charge is 2.56. The first kappa shape index (κ1) is 27.3. The third-order valence-electron chi connectivity index (χ3n) is 8.70. The molecule has 0 saturated carbocycles. The lowest BCUT2D eigenvalue weighted by Crippen LogP contribution is -2.35. The van der Waals surface area contributed by atoms with Crippen molar-refractivity contribution in [1.82, 2.24) is 9.88 Å². The molecule has 6 heteroatoms. The molecular weight excluding hydrogens is 488 g/mol. The first-order chi connectivity index (χ1) is 18.7. The van der Waals surface area contributed by atoms with E-state index in [0.29, 0.717) is 31.2 Å². The van der Waals surface area contributed by atoms with Crippen molar-refractivity contribution in [3.05, 3.63) is 70.1 Å². The third kappa shape index (κ3) is 5.07. The number of fused-ring (bicyclic) bond motifs is 3. The number of allylic oxidation sites excluding steroid dienone is 2. The van der Waals surface area contributed by atoms with Crippen molar-refractivity contribution in [3.63, 3.8) is 0 Å². The fraction of sp³-hybridized carbons (Fsp3) is 0.485. The number of benzene rings is 1. The molecule has 39 heavy (non-hydrogen) atoms. The van der Waals surface area contributed by atoms with E-state index < -0.39 is 0 Å². The average molecular weight is 529 g/mol. The Kier molecular flexibility index (Phi) is 7.77. The Balaban J connectivity index is 1.44. The summed E-state index contributed by atoms with van der Waals surface area (Å²) in [6.07, 6.45) is 6.86. The van der Waals surface area contributed by atoms with Gasteiger partial charge in [0, 0.05) is 18.7 Å². The minimum Gasteiger partial charge on any atom is -0.507 e. The Morgan fingerprint density at radius 2 is 1.90 bits per heavy atom. The highest BCUT2D eigenvalue weighted by atomic mass is 16.5. The van der Waals surface area contributed by atoms with Gasteiger partial charge in [-0.15, -0.1) is 0 Å². The predicted octanol–water partition coefficient (Wildman–Crippen LogP) is 6.11. The van der Waals surface area contributed by atoms with Crippen LogP contribution in [0.4, 0.5) is 0 Å². The number of nitrogens with zero attached hydrogens (tertiary/aromatic N) is 2. The van der Waals surface area contributed by atoms with Gasteiger partial charge in [0.1, 0.15) is 5.75 Å². The van der Waals surface area contributed by atoms with Gasteiger partial charge in [0.25, 0.3) is 0 Å². The van der Waals surface area contributed by atoms with Gasteiger partial charge in [0.05, 0.1) is 30.2 Å². The number of phenolic OH excluding ortho intramolecular Hbond substituents is 1. The van der Waals surface area contributed by atoms with Crippen molar-refractivity contribution in [2.24, 2.45) is 23.7 Å². The van der Waals surface area contributed by atoms with Crippen LogP contribution >= 0.6 is 0 Å². The van der Waals surface area contributed by atoms with Crippen LogP contribution in [-0.2, 0) is 14.3 Å². The monoisotopic (exact) mass is 528 g/mol. The largest absolute Gasteiger partial charge is 0.507 e. The highest BCUT2D eigenvalue weighted by Crippen LogP contribution is 2.51. The van der Waals surface area contributed by atoms with Gasteiger partial charge in [-0.05, 0) is 104 Å². The Hall–Kier alpha value is -3.25. The summed E-state index contributed by atoms with van der Waals surface area (Å²) >= 11 is 0. The number of carbonyl (C=O) groups excluding carboxylic acids is 2. The number of hydrogen-bond acceptors (Lipinski definition) is 5. The van der Waals surface area contributed by atoms with Gasteiger partial charge in [0.2, 0.25) is 11.8 Å². The molecule has 0 radical (unpaired) electrons. The summed E-state index contributed by atoms with van der Waals surface area (Å²) in [5.41, 5.74) is 7.32. The van der Waals surface area contributed by atoms with Gasteiger partial charge in [-0.1, -0.05) is 32.4 Å². The van der Waals surface area contributed by atoms with Gasteiger partial charge >= 0.3 is 0 Å². The second-order valence-electron chi connectivity index (χ2n) is 11.7. The topological polar surface area (TPSA) is 79.7 Å². The molecule has 3 heterocycles. The zero-order chi connectivity index (χ0) is 27.8. The molecule has 2 amide bonds. The fourth-order valence-corrected chi connectivity index (χ4v) is 6.86. The van der Waals surface area contributed by atoms with Crippen LogP contribution in [0.3, 0.4) is 0 Å². The summed E-state index contributed by atoms with van der Waals surface area (Å²) in [5, 5.41) is 10.3. The van der Waals surface area contributed by atoms with Gasteiger partial charge in [-0.3, -0.25) is 19.5 Å². The Labute approximate surface area is 231 Å². The van der Waals surface area contributed by atoms with E-state index >= 15 is 0 Å². The number of likely N-dealkylation sites (tertiary alicyclic amines) is 1. The maximum absolute atomic E-state index is 13.4. The van der Waals surface area contributed by atoms with E-state index in [1.165, 1.54) is 16.0 Å². The van der Waals surface area contributed by atoms with Crippen LogP contribution in [0.25, 0.3) is 11.6 Å². The molecule has 4 atom stereocenters. The number of hydrogen-bond donors (Lipinski definition) is 1. The Bertz CT molecular complexity index is 1300. The van der Waals surface area contributed by atoms with E-state index in [1.807, 2.05) is 57.3 Å². The number of amides is 2. The smallest absolute Gasteiger partial charge is 0.233 e. The summed E-state index contributed by atoms with van der Waals surface area (Å²) in [6, 6.07) is 9.94. The van der Waals surface area contributed by atoms with Crippen LogP contribution in [0.15, 0.2) is 47.7 Å². The highest BCUT2D eigenvalue weighted by molar-refractivity contribution is 6.06. The molecule has 2 aromatic rings. The number of phenols is 1. The lowest BCUT2D eigenvalue weighted by molar-refractivity contribution is -0.140. The lowest BCUT2D eigenvalue weighted by Gasteiger charge is -2.33. The van der Waals surface area contributed by atoms with E-state index in [4.69, 9.17) is 4.74 Å². The van der Waals surface area contributed by atoms with Gasteiger partial charge in [-0.25, -0.2) is 0 Å². The molecular formula is C33H40N2O4. The van der Waals surface area contributed by atoms with Crippen LogP contribution in [0.2, 0.25) is 0 Å². The first-order valence-electron chi connectivity index (χ1n) is 14.3. The van der Waals surface area contributed by atoms with E-state index in [9.17, 15) is 14.7 Å². The fourth-order valence-electron chi connectivity index (χ4n) is 6.86. The Morgan fingerprint density at radius 1 is 1.15 bits per heavy atom. The van der Waals surface area contributed by atoms with Crippen molar-refractivity contribution in [2.75, 3.05) is 13.2 Å². The number of ether oxygens (including phenoxy) is 1. The molecule has 5 rings (SSSR count). The number of aromatic nitrogens is 1. The van der Waals surface area contributed by atoms with Crippen LogP contribution in [-0.4, -0.2) is 46.1 Å². The number of imide groups is 1. The summed E-state index contributed by atoms with van der Waals surface area (Å²) in [4.78, 5) is 32.7. The van der Waals surface area contributed by atoms with E-state index in [-0.39, 0.29) is 35.7 Å². The molecule has 1 aromatic heterocycles. The van der Waals surface area contributed by atoms with Gasteiger partial charge < -0.3 is 9.84 Å². The quantitative estimate of drug-likeness (QED) is 0.330. The van der Waals surface area contributed by atoms with Crippen LogP contribution in [0, 0.1) is 37.5 Å². The molecule has 1 N–H and O–H groups in total. The maximum Gasteiger partial charge on any atom is 0.233 e. The molecule has 1 aliphatic carbocycles. The van der Waals surface area contributed by atoms with Crippen molar-refractivity contribution in [1.29, 1.82) is 0 Å². The van der Waals surface area contributed by atoms with Crippen molar-refractivity contribution < 1.29 is 19.4 Å². The maximum atomic E-state index is 13.4. The second kappa shape index (κ2) is 11.1. The van der Waals surface area contributed by atoms with Gasteiger partial charge in [-0.2, -0.15) is 0 Å². The predicted molar refractivity (Wildman–Crippen MR) is 153 cm³/mol. The molecule has 0 spiro atoms. The van der Waals surface area contributed by atoms with Crippen LogP contribution < -0.4 is 0 Å². The standard InChI is InChI=1S/C33H40N2O4/c1-6-13-35-32(37)25-17-24(19(2)3)29-26(30(25)33(35)38)18-39-28(29)11-10-23(27-9-7-8-12-34-27)16-22-14-20(4)31(36)21(5)15-22/h7-9,12,14-16,19,25-26,28,30,36H,6,10-11,13,17-18H2,1-5H3/b23-16-/t25-,26+,28-,30-/m1/s1. The number of aromatic hydroxyl groups is 1. The minimum atomic E-state index is -0.291. The van der Waals surface area contributed by atoms with Crippen molar-refractivity contribution in [2.45, 2.75) is 66.4 Å². The normalized spacial score (nSPS) is 25.1. The first-order valence-corrected chi connectivity index (χ1v) is 14.3. The Morgan fingerprint density at radius 3 is 2.54 bits per heavy atom. The second-order valence-corrected chi connectivity index (χ2v) is 11.7. The van der Waals surface area contributed by atoms with Crippen molar-refractivity contribution >= 4 is 23.5 Å². The number of rotatable bonds is 8. The molecule has 0 bridgehead atoms. The summed E-state index contributed by atoms with van der Waals surface area (Å²) in [6.45, 7) is 11.2. The number of aryl methyl sites for hydroxylation is 2. The zero-order valence-electron chi connectivity index (χ0n) is 23.7. The summed E-state index contributed by atoms with van der Waals surface area (Å²) < 4.78 is 6.44. The average Bonchev–Trinajstić information content (AvgIpc) is 3.44. The zero-order valence-corrected chi connectivity index (χ0v) is 23.7. The number of carbonyl (C=O) groups is 2. The summed E-state index contributed by atoms with van der Waals surface area (Å²) in [7, 11) is 0. The van der Waals surface area contributed by atoms with E-state index in [0.717, 1.165) is 47.2 Å². The summed E-state index contributed by atoms with van der Waals surface area (Å²) in [5.74, 6) is 0.0699. The molecule has 6 nitrogen and oxygen atoms in total. The number of pyridine rings is 1. The molecule has 3 aliphatic rings. The SMILES string of the molecule is CCCN1C(=O)[C@@H]2[C@@H](CC(C(C)C)=C3[C@@H](CC/C(=C/c4cc(C)c(O)c(C)c4)c4ccccn4)OC[C@@H]32)C1=O. The van der Waals surface area contributed by atoms with E-state index in [2.05, 4.69) is 24.9 Å². The molecule has 2 fully saturated rings. The lowest BCUT2D eigenvalue weighted by atomic mass is 9.67. The molecule has 206 valence electrons. The molecule has 0 unspecified atom stereocenters. The van der Waals surface area contributed by atoms with Gasteiger partial charge in [0.15, 0.2) is 0 Å². The van der Waals surface area contributed by atoms with Crippen molar-refractivity contribution in [3.8, 4) is 5.75 Å². The molecule has 2 aliphatic heterocycles. The minimum absolute atomic E-state index is 0.00598. The van der Waals surface area contributed by atoms with Crippen LogP contribution in [0.1, 0.15) is 68.8 Å². The molecule has 2 saturated heterocycles. The van der Waals surface area contributed by atoms with E-state index in [1.54, 1.807) is 0 Å². The van der Waals surface area contributed by atoms with Crippen LogP contribution in [0.5, 0.6) is 5.75 Å². The molecule has 1 aromatic carbocycles.